The van der Waals surface area contributed by atoms with E-state index in [1.807, 2.05) is 0 Å². The fourth-order valence-electron chi connectivity index (χ4n) is 2.55. The predicted octanol–water partition coefficient (Wildman–Crippen LogP) is -2.98. The number of nitrogens with zero attached hydrogens (tertiary/aromatic N) is 1. The zero-order valence-corrected chi connectivity index (χ0v) is 17.1. The minimum atomic E-state index is -1.47. The summed E-state index contributed by atoms with van der Waals surface area (Å²) in [5, 5.41) is 9.85. The molecule has 0 aliphatic rings. The van der Waals surface area contributed by atoms with E-state index < -0.39 is 35.6 Å². The SMILES string of the molecule is Cc1c(C(=O)C(N)=O)c2c(OCC(=O)[O-])cccc2n1C(=O)C(C)Cl.[Na+]. The van der Waals surface area contributed by atoms with Crippen molar-refractivity contribution in [1.29, 1.82) is 0 Å². The van der Waals surface area contributed by atoms with Crippen LogP contribution in [0.4, 0.5) is 0 Å². The van der Waals surface area contributed by atoms with E-state index in [1.54, 1.807) is 0 Å². The maximum absolute atomic E-state index is 12.4. The van der Waals surface area contributed by atoms with Gasteiger partial charge in [0.1, 0.15) is 17.7 Å². The molecule has 10 heteroatoms. The zero-order chi connectivity index (χ0) is 18.9. The molecule has 1 aromatic carbocycles. The molecule has 2 aromatic rings. The Bertz CT molecular complexity index is 906. The minimum absolute atomic E-state index is 0. The van der Waals surface area contributed by atoms with Crippen molar-refractivity contribution >= 4 is 46.1 Å². The van der Waals surface area contributed by atoms with Gasteiger partial charge in [-0.2, -0.15) is 0 Å². The second kappa shape index (κ2) is 8.68. The molecule has 0 bridgehead atoms. The van der Waals surface area contributed by atoms with Crippen LogP contribution in [-0.2, 0) is 9.59 Å². The van der Waals surface area contributed by atoms with Crippen LogP contribution in [0.5, 0.6) is 5.75 Å². The van der Waals surface area contributed by atoms with Crippen LogP contribution in [-0.4, -0.2) is 40.1 Å². The third kappa shape index (κ3) is 4.09. The Kier molecular flexibility index (Phi) is 7.40. The number of nitrogens with two attached hydrogens (primary N) is 1. The number of rotatable bonds is 6. The molecule has 0 spiro atoms. The molecule has 132 valence electrons. The van der Waals surface area contributed by atoms with Gasteiger partial charge in [0.15, 0.2) is 0 Å². The molecule has 26 heavy (non-hydrogen) atoms. The molecule has 1 heterocycles. The molecule has 8 nitrogen and oxygen atoms in total. The first-order chi connectivity index (χ1) is 11.7. The number of halogens is 1. The van der Waals surface area contributed by atoms with Crippen molar-refractivity contribution in [3.05, 3.63) is 29.5 Å². The Morgan fingerprint density at radius 1 is 1.31 bits per heavy atom. The summed E-state index contributed by atoms with van der Waals surface area (Å²) in [4.78, 5) is 46.7. The van der Waals surface area contributed by atoms with E-state index in [9.17, 15) is 24.3 Å². The summed E-state index contributed by atoms with van der Waals surface area (Å²) in [6.07, 6.45) is 0. The standard InChI is InChI=1S/C16H15ClN2O6.Na/c1-7(17)16(24)19-8(2)12(14(22)15(18)23)13-9(19)4-3-5-10(13)25-6-11(20)21;/h3-5,7H,6H2,1-2H3,(H2,18,23)(H,20,21);/q;+1/p-1. The first-order valence-electron chi connectivity index (χ1n) is 7.15. The minimum Gasteiger partial charge on any atom is -0.546 e. The number of hydrogen-bond acceptors (Lipinski definition) is 6. The Hall–Kier alpha value is -1.87. The van der Waals surface area contributed by atoms with Gasteiger partial charge < -0.3 is 20.4 Å². The van der Waals surface area contributed by atoms with Gasteiger partial charge in [0.2, 0.25) is 5.91 Å². The molecule has 1 amide bonds. The summed E-state index contributed by atoms with van der Waals surface area (Å²) in [5.74, 6) is -4.24. The van der Waals surface area contributed by atoms with Gasteiger partial charge in [-0.15, -0.1) is 11.6 Å². The molecular weight excluding hydrogens is 375 g/mol. The number of hydrogen-bond donors (Lipinski definition) is 1. The van der Waals surface area contributed by atoms with Crippen molar-refractivity contribution in [2.24, 2.45) is 5.73 Å². The molecule has 1 atom stereocenters. The Labute approximate surface area is 175 Å². The van der Waals surface area contributed by atoms with Gasteiger partial charge in [0, 0.05) is 5.69 Å². The second-order valence-electron chi connectivity index (χ2n) is 5.25. The number of fused-ring (bicyclic) bond motifs is 1. The van der Waals surface area contributed by atoms with Crippen LogP contribution in [0.2, 0.25) is 0 Å². The third-order valence-corrected chi connectivity index (χ3v) is 3.74. The number of aliphatic carboxylic acids is 1. The van der Waals surface area contributed by atoms with E-state index in [4.69, 9.17) is 22.1 Å². The first-order valence-corrected chi connectivity index (χ1v) is 7.59. The Morgan fingerprint density at radius 2 is 1.92 bits per heavy atom. The van der Waals surface area contributed by atoms with E-state index in [-0.39, 0.29) is 57.5 Å². The molecule has 2 rings (SSSR count). The summed E-state index contributed by atoms with van der Waals surface area (Å²) < 4.78 is 6.31. The number of benzene rings is 1. The summed E-state index contributed by atoms with van der Waals surface area (Å²) in [5.41, 5.74) is 5.35. The summed E-state index contributed by atoms with van der Waals surface area (Å²) in [7, 11) is 0. The fraction of sp³-hybridized carbons (Fsp3) is 0.250. The van der Waals surface area contributed by atoms with E-state index >= 15 is 0 Å². The number of carboxylic acids is 1. The van der Waals surface area contributed by atoms with Crippen molar-refractivity contribution in [3.8, 4) is 5.75 Å². The van der Waals surface area contributed by atoms with Crippen molar-refractivity contribution in [2.75, 3.05) is 6.61 Å². The molecular formula is C16H14ClN2NaO6. The van der Waals surface area contributed by atoms with Gasteiger partial charge in [-0.1, -0.05) is 6.07 Å². The molecule has 1 unspecified atom stereocenters. The zero-order valence-electron chi connectivity index (χ0n) is 14.4. The van der Waals surface area contributed by atoms with Crippen LogP contribution >= 0.6 is 11.6 Å². The molecule has 1 aromatic heterocycles. The molecule has 0 aliphatic carbocycles. The van der Waals surface area contributed by atoms with Crippen LogP contribution in [0.25, 0.3) is 10.9 Å². The van der Waals surface area contributed by atoms with E-state index in [2.05, 4.69) is 0 Å². The van der Waals surface area contributed by atoms with Crippen LogP contribution < -0.4 is 45.1 Å². The molecule has 0 saturated carbocycles. The Morgan fingerprint density at radius 3 is 2.42 bits per heavy atom. The predicted molar refractivity (Wildman–Crippen MR) is 86.6 cm³/mol. The number of alkyl halides is 1. The number of Topliss-reactive ketones (excluding diaryl/α,β-unsaturated/α-hetero) is 1. The van der Waals surface area contributed by atoms with E-state index in [1.165, 1.54) is 36.6 Å². The maximum Gasteiger partial charge on any atom is 1.00 e. The van der Waals surface area contributed by atoms with Crippen molar-refractivity contribution in [3.63, 3.8) is 0 Å². The second-order valence-corrected chi connectivity index (χ2v) is 5.91. The first kappa shape index (κ1) is 22.2. The van der Waals surface area contributed by atoms with E-state index in [0.29, 0.717) is 0 Å². The van der Waals surface area contributed by atoms with Crippen molar-refractivity contribution < 1.29 is 58.6 Å². The van der Waals surface area contributed by atoms with Gasteiger partial charge in [-0.3, -0.25) is 19.0 Å². The molecule has 2 N–H and O–H groups in total. The van der Waals surface area contributed by atoms with Crippen molar-refractivity contribution in [1.82, 2.24) is 4.57 Å². The van der Waals surface area contributed by atoms with Crippen molar-refractivity contribution in [2.45, 2.75) is 19.2 Å². The van der Waals surface area contributed by atoms with Gasteiger partial charge in [0.25, 0.3) is 11.7 Å². The number of ether oxygens (including phenoxy) is 1. The molecule has 0 saturated heterocycles. The quantitative estimate of drug-likeness (QED) is 0.243. The van der Waals surface area contributed by atoms with Crippen LogP contribution in [0.1, 0.15) is 27.8 Å². The summed E-state index contributed by atoms with van der Waals surface area (Å²) >= 11 is 5.86. The smallest absolute Gasteiger partial charge is 0.546 e. The number of carboxylic acid groups (broad SMARTS) is 1. The number of carbonyl (C=O) groups is 4. The average Bonchev–Trinajstić information content (AvgIpc) is 2.83. The van der Waals surface area contributed by atoms with Gasteiger partial charge >= 0.3 is 29.6 Å². The number of ketones is 1. The normalized spacial score (nSPS) is 11.5. The van der Waals surface area contributed by atoms with Crippen LogP contribution in [0, 0.1) is 6.92 Å². The average molecular weight is 389 g/mol. The number of amides is 1. The largest absolute Gasteiger partial charge is 1.00 e. The van der Waals surface area contributed by atoms with Gasteiger partial charge in [0.05, 0.1) is 22.4 Å². The maximum atomic E-state index is 12.4. The summed E-state index contributed by atoms with van der Waals surface area (Å²) in [6, 6.07) is 4.43. The van der Waals surface area contributed by atoms with Crippen LogP contribution in [0.15, 0.2) is 18.2 Å². The van der Waals surface area contributed by atoms with E-state index in [0.717, 1.165) is 0 Å². The molecule has 0 aliphatic heterocycles. The Balaban J connectivity index is 0.00000338. The van der Waals surface area contributed by atoms with Gasteiger partial charge in [-0.25, -0.2) is 0 Å². The number of aromatic nitrogens is 1. The monoisotopic (exact) mass is 388 g/mol. The molecule has 0 fully saturated rings. The number of primary amides is 1. The van der Waals surface area contributed by atoms with Crippen LogP contribution in [0.3, 0.4) is 0 Å². The topological polar surface area (TPSA) is 132 Å². The van der Waals surface area contributed by atoms with Gasteiger partial charge in [-0.05, 0) is 26.0 Å². The molecule has 0 radical (unpaired) electrons. The third-order valence-electron chi connectivity index (χ3n) is 3.55. The fourth-order valence-corrected chi connectivity index (χ4v) is 2.65. The summed E-state index contributed by atoms with van der Waals surface area (Å²) in [6.45, 7) is 2.14. The number of carbonyl (C=O) groups excluding carboxylic acids is 4.